The van der Waals surface area contributed by atoms with E-state index in [1.54, 1.807) is 5.41 Å². The van der Waals surface area contributed by atoms with E-state index in [1.807, 2.05) is 35.1 Å². The molecular formula is C10H5BrN2S2. The molecule has 0 aliphatic carbocycles. The molecule has 0 atom stereocenters. The second kappa shape index (κ2) is 6.58. The Hall–Kier alpha value is -0.880. The van der Waals surface area contributed by atoms with Crippen molar-refractivity contribution in [3.63, 3.8) is 0 Å². The molecule has 1 rings (SSSR count). The van der Waals surface area contributed by atoms with Crippen LogP contribution in [0.3, 0.4) is 0 Å². The third-order valence-electron chi connectivity index (χ3n) is 1.50. The van der Waals surface area contributed by atoms with E-state index in [0.29, 0.717) is 0 Å². The number of hydrogen-bond donors (Lipinski definition) is 0. The quantitative estimate of drug-likeness (QED) is 0.785. The molecule has 15 heavy (non-hydrogen) atoms. The minimum Gasteiger partial charge on any atom is -0.185 e. The van der Waals surface area contributed by atoms with Crippen LogP contribution in [0.1, 0.15) is 5.56 Å². The van der Waals surface area contributed by atoms with E-state index in [0.717, 1.165) is 38.5 Å². The maximum absolute atomic E-state index is 8.62. The van der Waals surface area contributed by atoms with Crippen molar-refractivity contribution >= 4 is 44.4 Å². The summed E-state index contributed by atoms with van der Waals surface area (Å²) in [4.78, 5) is 0.788. The molecule has 0 unspecified atom stereocenters. The normalized spacial score (nSPS) is 10.5. The van der Waals surface area contributed by atoms with Crippen LogP contribution < -0.4 is 0 Å². The largest absolute Gasteiger partial charge is 0.185 e. The van der Waals surface area contributed by atoms with Crippen LogP contribution in [0.2, 0.25) is 0 Å². The maximum Gasteiger partial charge on any atom is 0.138 e. The smallest absolute Gasteiger partial charge is 0.138 e. The summed E-state index contributed by atoms with van der Waals surface area (Å²) < 4.78 is 0.987. The second-order valence-corrected chi connectivity index (χ2v) is 4.79. The van der Waals surface area contributed by atoms with Gasteiger partial charge in [-0.25, -0.2) is 0 Å². The molecule has 0 aromatic heterocycles. The van der Waals surface area contributed by atoms with Crippen LogP contribution in [0.15, 0.2) is 34.1 Å². The zero-order valence-corrected chi connectivity index (χ0v) is 10.7. The number of hydrogen-bond acceptors (Lipinski definition) is 4. The van der Waals surface area contributed by atoms with Crippen LogP contribution in [-0.4, -0.2) is 0 Å². The van der Waals surface area contributed by atoms with E-state index < -0.39 is 0 Å². The van der Waals surface area contributed by atoms with Gasteiger partial charge in [0.15, 0.2) is 0 Å². The minimum atomic E-state index is 0.788. The van der Waals surface area contributed by atoms with E-state index in [-0.39, 0.29) is 0 Å². The first-order chi connectivity index (χ1) is 7.27. The summed E-state index contributed by atoms with van der Waals surface area (Å²) in [6, 6.07) is 7.60. The summed E-state index contributed by atoms with van der Waals surface area (Å²) >= 11 is 5.41. The molecule has 0 saturated heterocycles. The van der Waals surface area contributed by atoms with Gasteiger partial charge in [-0.3, -0.25) is 0 Å². The van der Waals surface area contributed by atoms with Crippen molar-refractivity contribution in [2.24, 2.45) is 0 Å². The number of nitrogens with zero attached hydrogens (tertiary/aromatic N) is 2. The molecule has 0 N–H and O–H groups in total. The van der Waals surface area contributed by atoms with Gasteiger partial charge in [0.1, 0.15) is 10.8 Å². The van der Waals surface area contributed by atoms with Gasteiger partial charge in [-0.1, -0.05) is 28.1 Å². The fourth-order valence-corrected chi connectivity index (χ4v) is 2.14. The monoisotopic (exact) mass is 296 g/mol. The zero-order chi connectivity index (χ0) is 11.1. The van der Waals surface area contributed by atoms with Crippen molar-refractivity contribution in [1.29, 1.82) is 10.5 Å². The Morgan fingerprint density at radius 1 is 1.20 bits per heavy atom. The van der Waals surface area contributed by atoms with E-state index in [2.05, 4.69) is 15.9 Å². The highest BCUT2D eigenvalue weighted by atomic mass is 79.9. The van der Waals surface area contributed by atoms with Crippen molar-refractivity contribution in [2.75, 3.05) is 0 Å². The summed E-state index contributed by atoms with van der Waals surface area (Å²) in [5.74, 6) is 0. The second-order valence-electron chi connectivity index (χ2n) is 2.39. The van der Waals surface area contributed by atoms with E-state index >= 15 is 0 Å². The van der Waals surface area contributed by atoms with Gasteiger partial charge < -0.3 is 0 Å². The van der Waals surface area contributed by atoms with Gasteiger partial charge in [0.2, 0.25) is 0 Å². The van der Waals surface area contributed by atoms with Gasteiger partial charge in [-0.15, -0.1) is 0 Å². The summed E-state index contributed by atoms with van der Waals surface area (Å²) in [6.07, 6.45) is 0. The highest BCUT2D eigenvalue weighted by Gasteiger charge is 2.01. The van der Waals surface area contributed by atoms with Crippen LogP contribution in [0, 0.1) is 21.3 Å². The van der Waals surface area contributed by atoms with Crippen molar-refractivity contribution < 1.29 is 0 Å². The lowest BCUT2D eigenvalue weighted by Gasteiger charge is -2.01. The number of rotatable bonds is 3. The molecule has 0 fully saturated rings. The van der Waals surface area contributed by atoms with Gasteiger partial charge >= 0.3 is 0 Å². The third-order valence-corrected chi connectivity index (χ3v) is 3.30. The molecule has 0 spiro atoms. The Morgan fingerprint density at radius 3 is 2.40 bits per heavy atom. The van der Waals surface area contributed by atoms with Gasteiger partial charge in [0.05, 0.1) is 0 Å². The molecule has 0 saturated carbocycles. The van der Waals surface area contributed by atoms with Crippen molar-refractivity contribution in [3.8, 4) is 10.8 Å². The molecule has 0 bridgehead atoms. The lowest BCUT2D eigenvalue weighted by molar-refractivity contribution is 1.57. The molecule has 0 amide bonds. The molecular weight excluding hydrogens is 292 g/mol. The molecule has 2 nitrogen and oxygen atoms in total. The molecule has 1 aromatic carbocycles. The number of benzene rings is 1. The van der Waals surface area contributed by atoms with Gasteiger partial charge in [0.25, 0.3) is 0 Å². The Kier molecular flexibility index (Phi) is 5.34. The predicted molar refractivity (Wildman–Crippen MR) is 68.5 cm³/mol. The predicted octanol–water partition coefficient (Wildman–Crippen LogP) is 4.18. The van der Waals surface area contributed by atoms with Crippen molar-refractivity contribution in [3.05, 3.63) is 39.7 Å². The summed E-state index contributed by atoms with van der Waals surface area (Å²) in [5.41, 5.74) is 0.938. The minimum absolute atomic E-state index is 0.788. The standard InChI is InChI=1S/C10H5BrN2S2/c11-9-3-1-8(2-4-9)10(15-7-13)5-14-6-12/h1-5H. The SMILES string of the molecule is N#CSC=C(SC#N)c1ccc(Br)cc1. The molecule has 0 heterocycles. The van der Waals surface area contributed by atoms with Crippen molar-refractivity contribution in [1.82, 2.24) is 0 Å². The summed E-state index contributed by atoms with van der Waals surface area (Å²) in [7, 11) is 0. The average molecular weight is 297 g/mol. The zero-order valence-electron chi connectivity index (χ0n) is 7.48. The third kappa shape index (κ3) is 4.01. The van der Waals surface area contributed by atoms with E-state index in [1.165, 1.54) is 0 Å². The number of thiocyanates is 2. The van der Waals surface area contributed by atoms with Gasteiger partial charge in [-0.2, -0.15) is 10.5 Å². The number of thioether (sulfide) groups is 2. The van der Waals surface area contributed by atoms with Crippen LogP contribution in [0.4, 0.5) is 0 Å². The maximum atomic E-state index is 8.62. The average Bonchev–Trinajstić information content (AvgIpc) is 2.25. The summed E-state index contributed by atoms with van der Waals surface area (Å²) in [6.45, 7) is 0. The van der Waals surface area contributed by atoms with Crippen LogP contribution in [0.5, 0.6) is 0 Å². The number of nitriles is 2. The Morgan fingerprint density at radius 2 is 1.87 bits per heavy atom. The molecule has 0 aliphatic heterocycles. The van der Waals surface area contributed by atoms with E-state index in [9.17, 15) is 0 Å². The highest BCUT2D eigenvalue weighted by Crippen LogP contribution is 2.29. The molecule has 0 aliphatic rings. The highest BCUT2D eigenvalue weighted by molar-refractivity contribution is 9.10. The Balaban J connectivity index is 2.96. The van der Waals surface area contributed by atoms with Gasteiger partial charge in [0, 0.05) is 14.8 Å². The van der Waals surface area contributed by atoms with E-state index in [4.69, 9.17) is 10.5 Å². The Bertz CT molecular complexity index is 440. The molecule has 1 aromatic rings. The van der Waals surface area contributed by atoms with Crippen LogP contribution >= 0.6 is 39.5 Å². The number of halogens is 1. The fourth-order valence-electron chi connectivity index (χ4n) is 0.894. The Labute approximate surface area is 105 Å². The first kappa shape index (κ1) is 12.2. The lowest BCUT2D eigenvalue weighted by atomic mass is 10.2. The molecule has 0 radical (unpaired) electrons. The summed E-state index contributed by atoms with van der Waals surface area (Å²) in [5, 5.41) is 22.7. The topological polar surface area (TPSA) is 47.6 Å². The molecule has 74 valence electrons. The van der Waals surface area contributed by atoms with Crippen molar-refractivity contribution in [2.45, 2.75) is 0 Å². The first-order valence-electron chi connectivity index (χ1n) is 3.84. The lowest BCUT2D eigenvalue weighted by Crippen LogP contribution is -1.77. The van der Waals surface area contributed by atoms with Crippen LogP contribution in [-0.2, 0) is 0 Å². The molecule has 5 heteroatoms. The van der Waals surface area contributed by atoms with Gasteiger partial charge in [-0.05, 0) is 41.2 Å². The first-order valence-corrected chi connectivity index (χ1v) is 6.33. The fraction of sp³-hybridized carbons (Fsp3) is 0. The van der Waals surface area contributed by atoms with Crippen LogP contribution in [0.25, 0.3) is 4.91 Å².